The topological polar surface area (TPSA) is 38.7 Å². The summed E-state index contributed by atoms with van der Waals surface area (Å²) in [5.74, 6) is 3.34. The van der Waals surface area contributed by atoms with Crippen molar-refractivity contribution in [2.24, 2.45) is 0 Å². The number of allylic oxidation sites excluding steroid dienone is 6. The van der Waals surface area contributed by atoms with E-state index in [2.05, 4.69) is 128 Å². The van der Waals surface area contributed by atoms with E-state index < -0.39 is 0 Å². The molecule has 2 aromatic heterocycles. The minimum Gasteiger partial charge on any atom is -0.212 e. The molecule has 3 nitrogen and oxygen atoms in total. The third-order valence-electron chi connectivity index (χ3n) is 11.4. The monoisotopic (exact) mass is 689 g/mol. The number of nitrogens with zero attached hydrogens (tertiary/aromatic N) is 3. The predicted octanol–water partition coefficient (Wildman–Crippen LogP) is 12.9. The fraction of sp³-hybridized carbons (Fsp3) is 0.188. The minimum absolute atomic E-state index is 0.130. The third kappa shape index (κ3) is 5.36. The molecule has 3 unspecified atom stereocenters. The summed E-state index contributed by atoms with van der Waals surface area (Å²) in [4.78, 5) is 15.3. The van der Waals surface area contributed by atoms with E-state index in [1.54, 1.807) is 5.57 Å². The van der Waals surface area contributed by atoms with Gasteiger partial charge in [-0.3, -0.25) is 0 Å². The Bertz CT molecular complexity index is 2570. The number of thiophene rings is 1. The van der Waals surface area contributed by atoms with Crippen LogP contribution in [-0.2, 0) is 6.42 Å². The second-order valence-corrected chi connectivity index (χ2v) is 15.5. The van der Waals surface area contributed by atoms with Crippen LogP contribution >= 0.6 is 11.3 Å². The van der Waals surface area contributed by atoms with Gasteiger partial charge in [-0.25, -0.2) is 15.0 Å². The average Bonchev–Trinajstić information content (AvgIpc) is 3.78. The second kappa shape index (κ2) is 13.0. The molecule has 7 aromatic rings. The lowest BCUT2D eigenvalue weighted by Gasteiger charge is -2.19. The highest BCUT2D eigenvalue weighted by Crippen LogP contribution is 2.52. The van der Waals surface area contributed by atoms with Gasteiger partial charge in [0, 0.05) is 33.0 Å². The molecular formula is C48H39N3S. The number of benzene rings is 5. The lowest BCUT2D eigenvalue weighted by atomic mass is 9.85. The van der Waals surface area contributed by atoms with Crippen molar-refractivity contribution >= 4 is 37.8 Å². The zero-order chi connectivity index (χ0) is 34.6. The first-order valence-electron chi connectivity index (χ1n) is 18.7. The quantitative estimate of drug-likeness (QED) is 0.167. The van der Waals surface area contributed by atoms with E-state index in [0.29, 0.717) is 11.8 Å². The molecule has 252 valence electrons. The van der Waals surface area contributed by atoms with E-state index in [9.17, 15) is 0 Å². The first-order chi connectivity index (χ1) is 25.7. The molecule has 0 fully saturated rings. The zero-order valence-electron chi connectivity index (χ0n) is 29.3. The van der Waals surface area contributed by atoms with Gasteiger partial charge in [-0.05, 0) is 99.2 Å². The van der Waals surface area contributed by atoms with Gasteiger partial charge in [-0.1, -0.05) is 134 Å². The van der Waals surface area contributed by atoms with Gasteiger partial charge in [0.25, 0.3) is 0 Å². The van der Waals surface area contributed by atoms with E-state index in [0.717, 1.165) is 41.4 Å². The van der Waals surface area contributed by atoms with Crippen LogP contribution in [0.3, 0.4) is 0 Å². The van der Waals surface area contributed by atoms with E-state index in [1.165, 1.54) is 73.5 Å². The Morgan fingerprint density at radius 3 is 2.44 bits per heavy atom. The second-order valence-electron chi connectivity index (χ2n) is 14.6. The maximum Gasteiger partial charge on any atom is 0.164 e. The van der Waals surface area contributed by atoms with Gasteiger partial charge < -0.3 is 0 Å². The van der Waals surface area contributed by atoms with Crippen LogP contribution in [0.2, 0.25) is 0 Å². The van der Waals surface area contributed by atoms with Crippen LogP contribution in [0.5, 0.6) is 0 Å². The smallest absolute Gasteiger partial charge is 0.164 e. The molecule has 0 radical (unpaired) electrons. The van der Waals surface area contributed by atoms with Gasteiger partial charge in [-0.2, -0.15) is 0 Å². The molecule has 3 aliphatic rings. The lowest BCUT2D eigenvalue weighted by molar-refractivity contribution is 0.679. The molecule has 0 spiro atoms. The summed E-state index contributed by atoms with van der Waals surface area (Å²) in [5, 5.41) is 6.46. The Morgan fingerprint density at radius 2 is 1.58 bits per heavy atom. The lowest BCUT2D eigenvalue weighted by Crippen LogP contribution is -2.08. The maximum absolute atomic E-state index is 5.15. The highest BCUT2D eigenvalue weighted by Gasteiger charge is 2.31. The molecule has 3 atom stereocenters. The highest BCUT2D eigenvalue weighted by atomic mass is 32.1. The van der Waals surface area contributed by atoms with Crippen molar-refractivity contribution in [3.63, 3.8) is 0 Å². The zero-order valence-corrected chi connectivity index (χ0v) is 30.1. The average molecular weight is 690 g/mol. The van der Waals surface area contributed by atoms with Crippen LogP contribution in [0, 0.1) is 0 Å². The molecule has 3 aliphatic carbocycles. The van der Waals surface area contributed by atoms with Crippen LogP contribution in [0.4, 0.5) is 0 Å². The molecule has 2 heterocycles. The van der Waals surface area contributed by atoms with E-state index >= 15 is 0 Å². The van der Waals surface area contributed by atoms with Gasteiger partial charge in [0.2, 0.25) is 0 Å². The Morgan fingerprint density at radius 1 is 0.731 bits per heavy atom. The van der Waals surface area contributed by atoms with Gasteiger partial charge in [0.1, 0.15) is 5.82 Å². The summed E-state index contributed by atoms with van der Waals surface area (Å²) in [7, 11) is 0. The molecule has 0 bridgehead atoms. The van der Waals surface area contributed by atoms with Crippen molar-refractivity contribution in [3.05, 3.63) is 167 Å². The van der Waals surface area contributed by atoms with Crippen molar-refractivity contribution in [1.82, 2.24) is 15.0 Å². The number of aromatic nitrogens is 3. The van der Waals surface area contributed by atoms with Gasteiger partial charge >= 0.3 is 0 Å². The molecule has 0 N–H and O–H groups in total. The Balaban J connectivity index is 0.979. The fourth-order valence-electron chi connectivity index (χ4n) is 8.81. The number of fused-ring (bicyclic) bond motifs is 4. The van der Waals surface area contributed by atoms with Crippen LogP contribution in [0.15, 0.2) is 139 Å². The van der Waals surface area contributed by atoms with Crippen LogP contribution in [0.25, 0.3) is 60.3 Å². The molecular weight excluding hydrogens is 651 g/mol. The van der Waals surface area contributed by atoms with E-state index in [4.69, 9.17) is 15.0 Å². The fourth-order valence-corrected chi connectivity index (χ4v) is 9.81. The maximum atomic E-state index is 5.15. The van der Waals surface area contributed by atoms with Crippen LogP contribution in [-0.4, -0.2) is 15.0 Å². The Kier molecular flexibility index (Phi) is 7.79. The Labute approximate surface area is 309 Å². The largest absolute Gasteiger partial charge is 0.212 e. The van der Waals surface area contributed by atoms with Gasteiger partial charge in [0.05, 0.1) is 0 Å². The number of hydrogen-bond donors (Lipinski definition) is 0. The summed E-state index contributed by atoms with van der Waals surface area (Å²) in [6.45, 7) is 2.35. The van der Waals surface area contributed by atoms with Crippen molar-refractivity contribution in [2.45, 2.75) is 56.8 Å². The molecule has 52 heavy (non-hydrogen) atoms. The van der Waals surface area contributed by atoms with Crippen LogP contribution in [0.1, 0.15) is 78.4 Å². The highest BCUT2D eigenvalue weighted by molar-refractivity contribution is 7.17. The first kappa shape index (κ1) is 31.3. The first-order valence-corrected chi connectivity index (χ1v) is 19.6. The number of rotatable bonds is 7. The standard InChI is InChI=1S/C48H39N3S/c1-30(31-22-24-32(25-23-31)36-26-27-41-38-17-9-8-16-37(38)40-19-10-18-39(36)45(40)41)28-35-29-52-43-21-11-20-42(44(35)43)48-50-46(33-12-4-2-5-13-33)49-47(51-48)34-14-6-3-7-15-34/h2-7,10-14,16,18-27,29-30,34,38H,8-9,15,17,28H2,1H3. The van der Waals surface area contributed by atoms with Crippen molar-refractivity contribution in [3.8, 4) is 33.9 Å². The Hall–Kier alpha value is -5.45. The SMILES string of the molecule is CC(Cc1csc2cccc(-c3nc(-c4ccccc4)nc(C4C=CC=CC4)n3)c12)c1ccc(-c2ccc3c4c(cccc24)C2=CCCCC23)cc1. The predicted molar refractivity (Wildman–Crippen MR) is 218 cm³/mol. The summed E-state index contributed by atoms with van der Waals surface area (Å²) in [6, 6.07) is 37.9. The van der Waals surface area contributed by atoms with Crippen molar-refractivity contribution in [1.29, 1.82) is 0 Å². The minimum atomic E-state index is 0.130. The molecule has 0 amide bonds. The van der Waals surface area contributed by atoms with E-state index in [-0.39, 0.29) is 5.92 Å². The molecule has 0 saturated heterocycles. The molecule has 4 heteroatoms. The summed E-state index contributed by atoms with van der Waals surface area (Å²) >= 11 is 1.81. The normalized spacial score (nSPS) is 18.1. The van der Waals surface area contributed by atoms with Gasteiger partial charge in [0.15, 0.2) is 11.6 Å². The van der Waals surface area contributed by atoms with Crippen molar-refractivity contribution < 1.29 is 0 Å². The van der Waals surface area contributed by atoms with Crippen LogP contribution < -0.4 is 0 Å². The summed E-state index contributed by atoms with van der Waals surface area (Å²) < 4.78 is 1.27. The molecule has 5 aromatic carbocycles. The molecule has 0 aliphatic heterocycles. The number of hydrogen-bond acceptors (Lipinski definition) is 4. The van der Waals surface area contributed by atoms with Gasteiger partial charge in [-0.15, -0.1) is 11.3 Å². The van der Waals surface area contributed by atoms with Crippen molar-refractivity contribution in [2.75, 3.05) is 0 Å². The summed E-state index contributed by atoms with van der Waals surface area (Å²) in [6.07, 6.45) is 16.7. The molecule has 10 rings (SSSR count). The van der Waals surface area contributed by atoms with E-state index in [1.807, 2.05) is 29.5 Å². The third-order valence-corrected chi connectivity index (χ3v) is 12.4. The summed E-state index contributed by atoms with van der Waals surface area (Å²) in [5.41, 5.74) is 11.9. The molecule has 0 saturated carbocycles.